The summed E-state index contributed by atoms with van der Waals surface area (Å²) in [5.41, 5.74) is 0. The van der Waals surface area contributed by atoms with Crippen LogP contribution in [0.4, 0.5) is 0 Å². The van der Waals surface area contributed by atoms with Gasteiger partial charge in [0.15, 0.2) is 0 Å². The second-order valence-electron chi connectivity index (χ2n) is 7.18. The van der Waals surface area contributed by atoms with Gasteiger partial charge in [-0.1, -0.05) is 32.1 Å². The maximum atomic E-state index is 11.5. The monoisotopic (exact) mass is 417 g/mol. The lowest BCUT2D eigenvalue weighted by Crippen LogP contribution is -2.35. The van der Waals surface area contributed by atoms with Crippen LogP contribution in [0.3, 0.4) is 0 Å². The van der Waals surface area contributed by atoms with Crippen molar-refractivity contribution >= 4 is 23.4 Å². The van der Waals surface area contributed by atoms with Crippen LogP contribution in [0, 0.1) is 17.8 Å². The van der Waals surface area contributed by atoms with Gasteiger partial charge in [0.2, 0.25) is 0 Å². The average molecular weight is 418 g/mol. The van der Waals surface area contributed by atoms with E-state index in [1.54, 1.807) is 6.07 Å². The summed E-state index contributed by atoms with van der Waals surface area (Å²) < 4.78 is 4.72. The molecule has 2 rings (SSSR count). The van der Waals surface area contributed by atoms with Crippen molar-refractivity contribution in [2.75, 3.05) is 13.7 Å². The molecule has 0 aliphatic carbocycles. The largest absolute Gasteiger partial charge is 0.465 e. The summed E-state index contributed by atoms with van der Waals surface area (Å²) in [6, 6.07) is 3.72. The van der Waals surface area contributed by atoms with E-state index < -0.39 is 12.3 Å². The molecule has 0 amide bonds. The highest BCUT2D eigenvalue weighted by atomic mass is 32.1. The number of rotatable bonds is 8. The topological polar surface area (TPSA) is 70.0 Å². The van der Waals surface area contributed by atoms with E-state index in [1.807, 2.05) is 49.1 Å². The number of aliphatic hydroxyl groups is 2. The fourth-order valence-corrected chi connectivity index (χ4v) is 4.05. The summed E-state index contributed by atoms with van der Waals surface area (Å²) in [5.74, 6) is 5.86. The zero-order chi connectivity index (χ0) is 21.2. The number of esters is 1. The minimum Gasteiger partial charge on any atom is -0.465 e. The van der Waals surface area contributed by atoms with Gasteiger partial charge in [0.1, 0.15) is 11.1 Å². The number of hydrogen-bond donors (Lipinski definition) is 2. The van der Waals surface area contributed by atoms with E-state index in [9.17, 15) is 15.0 Å². The molecule has 1 aliphatic heterocycles. The molecule has 0 radical (unpaired) electrons. The van der Waals surface area contributed by atoms with Gasteiger partial charge in [-0.25, -0.2) is 4.79 Å². The Morgan fingerprint density at radius 2 is 2.21 bits per heavy atom. The van der Waals surface area contributed by atoms with E-state index in [0.29, 0.717) is 24.3 Å². The Labute approximate surface area is 177 Å². The van der Waals surface area contributed by atoms with E-state index in [4.69, 9.17) is 4.74 Å². The number of nitrogens with zero attached hydrogens (tertiary/aromatic N) is 1. The molecule has 1 aromatic rings. The summed E-state index contributed by atoms with van der Waals surface area (Å²) in [7, 11) is 1.37. The first-order valence-corrected chi connectivity index (χ1v) is 10.9. The Balaban J connectivity index is 1.91. The van der Waals surface area contributed by atoms with Crippen molar-refractivity contribution in [3.05, 3.63) is 40.1 Å². The Morgan fingerprint density at radius 1 is 1.41 bits per heavy atom. The zero-order valence-corrected chi connectivity index (χ0v) is 18.2. The molecule has 0 saturated carbocycles. The highest BCUT2D eigenvalue weighted by Crippen LogP contribution is 2.25. The standard InChI is InChI=1S/C23H31NO4S/c1-4-5-6-8-17(2)20(25)13-10-18-11-15-22(26)24(18)16-7-9-19-12-14-21(29-19)23(27)28-3/h7,9-10,12-14,17-18,20,22,25-26H,4,8,11,15-16H2,1-3H3. The zero-order valence-electron chi connectivity index (χ0n) is 17.4. The molecule has 1 aromatic heterocycles. The van der Waals surface area contributed by atoms with Crippen molar-refractivity contribution in [2.24, 2.45) is 5.92 Å². The molecule has 1 aliphatic rings. The molecule has 1 saturated heterocycles. The minimum atomic E-state index is -0.542. The number of methoxy groups -OCH3 is 1. The normalized spacial score (nSPS) is 22.0. The molecule has 158 valence electrons. The third-order valence-electron chi connectivity index (χ3n) is 4.98. The summed E-state index contributed by atoms with van der Waals surface area (Å²) in [5, 5.41) is 20.6. The smallest absolute Gasteiger partial charge is 0.348 e. The molecule has 0 spiro atoms. The molecule has 0 aromatic carbocycles. The Bertz CT molecular complexity index is 773. The number of carbonyl (C=O) groups excluding carboxylic acids is 1. The van der Waals surface area contributed by atoms with E-state index >= 15 is 0 Å². The van der Waals surface area contributed by atoms with Crippen LogP contribution in [0.2, 0.25) is 0 Å². The van der Waals surface area contributed by atoms with Crippen LogP contribution in [-0.2, 0) is 4.74 Å². The number of likely N-dealkylation sites (tertiary alicyclic amines) is 1. The first-order valence-electron chi connectivity index (χ1n) is 10.1. The van der Waals surface area contributed by atoms with Gasteiger partial charge in [-0.15, -0.1) is 23.2 Å². The van der Waals surface area contributed by atoms with Crippen LogP contribution in [0.15, 0.2) is 30.4 Å². The van der Waals surface area contributed by atoms with Crippen molar-refractivity contribution in [3.8, 4) is 11.8 Å². The van der Waals surface area contributed by atoms with Crippen molar-refractivity contribution in [2.45, 2.75) is 57.9 Å². The van der Waals surface area contributed by atoms with Gasteiger partial charge in [-0.05, 0) is 37.0 Å². The molecule has 6 heteroatoms. The van der Waals surface area contributed by atoms with Crippen LogP contribution in [-0.4, -0.2) is 53.1 Å². The number of thiophene rings is 1. The highest BCUT2D eigenvalue weighted by molar-refractivity contribution is 7.14. The Morgan fingerprint density at radius 3 is 2.93 bits per heavy atom. The molecule has 2 N–H and O–H groups in total. The van der Waals surface area contributed by atoms with Crippen molar-refractivity contribution in [1.29, 1.82) is 0 Å². The molecule has 4 atom stereocenters. The fraction of sp³-hybridized carbons (Fsp3) is 0.522. The lowest BCUT2D eigenvalue weighted by Gasteiger charge is -2.24. The van der Waals surface area contributed by atoms with Gasteiger partial charge in [-0.2, -0.15) is 0 Å². The summed E-state index contributed by atoms with van der Waals surface area (Å²) in [6.45, 7) is 4.60. The van der Waals surface area contributed by atoms with Gasteiger partial charge >= 0.3 is 5.97 Å². The quantitative estimate of drug-likeness (QED) is 0.384. The summed E-state index contributed by atoms with van der Waals surface area (Å²) >= 11 is 1.37. The number of hydrogen-bond acceptors (Lipinski definition) is 6. The van der Waals surface area contributed by atoms with E-state index in [0.717, 1.165) is 17.7 Å². The Kier molecular flexibility index (Phi) is 9.62. The van der Waals surface area contributed by atoms with Crippen molar-refractivity contribution in [1.82, 2.24) is 4.90 Å². The maximum Gasteiger partial charge on any atom is 0.348 e. The van der Waals surface area contributed by atoms with E-state index in [-0.39, 0.29) is 17.9 Å². The Hall–Kier alpha value is -1.91. The molecule has 5 nitrogen and oxygen atoms in total. The second-order valence-corrected chi connectivity index (χ2v) is 8.30. The fourth-order valence-electron chi connectivity index (χ4n) is 3.19. The molecular formula is C23H31NO4S. The number of aliphatic hydroxyl groups excluding tert-OH is 2. The van der Waals surface area contributed by atoms with Crippen LogP contribution < -0.4 is 0 Å². The van der Waals surface area contributed by atoms with E-state index in [1.165, 1.54) is 18.4 Å². The number of carbonyl (C=O) groups is 1. The molecule has 0 bridgehead atoms. The summed E-state index contributed by atoms with van der Waals surface area (Å²) in [4.78, 5) is 15.1. The predicted molar refractivity (Wildman–Crippen MR) is 117 cm³/mol. The van der Waals surface area contributed by atoms with Crippen LogP contribution in [0.5, 0.6) is 0 Å². The SMILES string of the molecule is CCC#CCC(C)C(O)C=CC1CCC(O)N1CC=Cc1ccc(C(=O)OC)s1. The lowest BCUT2D eigenvalue weighted by atomic mass is 10.00. The van der Waals surface area contributed by atoms with Crippen LogP contribution >= 0.6 is 11.3 Å². The maximum absolute atomic E-state index is 11.5. The highest BCUT2D eigenvalue weighted by Gasteiger charge is 2.29. The predicted octanol–water partition coefficient (Wildman–Crippen LogP) is 3.69. The molecule has 2 heterocycles. The van der Waals surface area contributed by atoms with Crippen molar-refractivity contribution in [3.63, 3.8) is 0 Å². The summed E-state index contributed by atoms with van der Waals surface area (Å²) in [6.07, 6.45) is 9.80. The number of ether oxygens (including phenoxy) is 1. The van der Waals surface area contributed by atoms with E-state index in [2.05, 4.69) is 11.8 Å². The third kappa shape index (κ3) is 7.13. The molecular weight excluding hydrogens is 386 g/mol. The van der Waals surface area contributed by atoms with Crippen molar-refractivity contribution < 1.29 is 19.7 Å². The average Bonchev–Trinajstić information content (AvgIpc) is 3.33. The molecule has 4 unspecified atom stereocenters. The van der Waals surface area contributed by atoms with Crippen LogP contribution in [0.25, 0.3) is 6.08 Å². The third-order valence-corrected chi connectivity index (χ3v) is 6.01. The van der Waals surface area contributed by atoms with Crippen LogP contribution in [0.1, 0.15) is 54.1 Å². The van der Waals surface area contributed by atoms with Gasteiger partial charge in [0.25, 0.3) is 0 Å². The molecule has 1 fully saturated rings. The van der Waals surface area contributed by atoms with Gasteiger partial charge < -0.3 is 14.9 Å². The minimum absolute atomic E-state index is 0.0767. The first-order chi connectivity index (χ1) is 14.0. The molecule has 29 heavy (non-hydrogen) atoms. The van der Waals surface area contributed by atoms with Gasteiger partial charge in [-0.3, -0.25) is 4.90 Å². The van der Waals surface area contributed by atoms with Gasteiger partial charge in [0.05, 0.1) is 13.2 Å². The lowest BCUT2D eigenvalue weighted by molar-refractivity contribution is 0.0345. The second kappa shape index (κ2) is 11.9. The van der Waals surface area contributed by atoms with Gasteiger partial charge in [0, 0.05) is 30.3 Å². The first kappa shape index (κ1) is 23.4.